The Morgan fingerprint density at radius 1 is 1.07 bits per heavy atom. The molecule has 0 bridgehead atoms. The number of carbonyl (C=O) groups excluding carboxylic acids is 2. The van der Waals surface area contributed by atoms with Crippen molar-refractivity contribution in [2.45, 2.75) is 33.6 Å². The minimum absolute atomic E-state index is 0.0250. The molecule has 27 heavy (non-hydrogen) atoms. The van der Waals surface area contributed by atoms with Crippen LogP contribution in [0.4, 0.5) is 4.79 Å². The summed E-state index contributed by atoms with van der Waals surface area (Å²) in [5.74, 6) is 0.118. The first-order valence-electron chi connectivity index (χ1n) is 9.69. The largest absolute Gasteiger partial charge is 0.361 e. The monoisotopic (exact) mass is 370 g/mol. The number of urea groups is 1. The van der Waals surface area contributed by atoms with Gasteiger partial charge in [-0.3, -0.25) is 4.79 Å². The molecule has 2 heterocycles. The van der Waals surface area contributed by atoms with Crippen LogP contribution in [0, 0.1) is 5.41 Å². The Morgan fingerprint density at radius 2 is 1.74 bits per heavy atom. The van der Waals surface area contributed by atoms with E-state index in [1.165, 1.54) is 0 Å². The second-order valence-electron chi connectivity index (χ2n) is 8.45. The van der Waals surface area contributed by atoms with E-state index in [1.807, 2.05) is 35.4 Å². The quantitative estimate of drug-likeness (QED) is 0.869. The van der Waals surface area contributed by atoms with Crippen molar-refractivity contribution in [1.29, 1.82) is 0 Å². The van der Waals surface area contributed by atoms with Crippen LogP contribution in [0.3, 0.4) is 0 Å². The molecule has 1 aromatic carbocycles. The van der Waals surface area contributed by atoms with Gasteiger partial charge in [-0.2, -0.15) is 0 Å². The maximum absolute atomic E-state index is 12.7. The normalized spacial score (nSPS) is 15.2. The van der Waals surface area contributed by atoms with Gasteiger partial charge in [0.1, 0.15) is 0 Å². The van der Waals surface area contributed by atoms with Crippen molar-refractivity contribution in [3.8, 4) is 0 Å². The number of aromatic nitrogens is 1. The Bertz CT molecular complexity index is 798. The highest BCUT2D eigenvalue weighted by atomic mass is 16.2. The second-order valence-corrected chi connectivity index (χ2v) is 8.45. The highest BCUT2D eigenvalue weighted by Crippen LogP contribution is 2.19. The molecule has 1 aliphatic rings. The maximum atomic E-state index is 12.7. The number of para-hydroxylation sites is 1. The molecule has 6 nitrogen and oxygen atoms in total. The molecule has 6 heteroatoms. The molecule has 1 saturated heterocycles. The summed E-state index contributed by atoms with van der Waals surface area (Å²) in [6, 6.07) is 7.99. The van der Waals surface area contributed by atoms with Gasteiger partial charge in [-0.15, -0.1) is 0 Å². The first-order chi connectivity index (χ1) is 12.8. The summed E-state index contributed by atoms with van der Waals surface area (Å²) in [5.41, 5.74) is 2.29. The summed E-state index contributed by atoms with van der Waals surface area (Å²) in [5, 5.41) is 4.09. The van der Waals surface area contributed by atoms with E-state index in [4.69, 9.17) is 0 Å². The van der Waals surface area contributed by atoms with Crippen LogP contribution in [0.5, 0.6) is 0 Å². The lowest BCUT2D eigenvalue weighted by atomic mass is 9.92. The second kappa shape index (κ2) is 8.03. The number of rotatable bonds is 4. The zero-order valence-electron chi connectivity index (χ0n) is 16.5. The number of hydrogen-bond donors (Lipinski definition) is 2. The molecular formula is C21H30N4O2. The molecule has 0 unspecified atom stereocenters. The minimum Gasteiger partial charge on any atom is -0.361 e. The number of amides is 3. The number of benzene rings is 1. The molecule has 0 radical (unpaired) electrons. The van der Waals surface area contributed by atoms with Crippen molar-refractivity contribution in [2.24, 2.45) is 5.41 Å². The molecule has 0 saturated carbocycles. The first-order valence-corrected chi connectivity index (χ1v) is 9.69. The third-order valence-electron chi connectivity index (χ3n) is 5.09. The lowest BCUT2D eigenvalue weighted by molar-refractivity contribution is -0.131. The van der Waals surface area contributed by atoms with E-state index in [2.05, 4.69) is 31.1 Å². The van der Waals surface area contributed by atoms with Crippen molar-refractivity contribution in [3.63, 3.8) is 0 Å². The van der Waals surface area contributed by atoms with Crippen LogP contribution < -0.4 is 5.32 Å². The van der Waals surface area contributed by atoms with E-state index in [1.54, 1.807) is 4.90 Å². The van der Waals surface area contributed by atoms with Gasteiger partial charge in [0.25, 0.3) is 0 Å². The number of H-pyrrole nitrogens is 1. The van der Waals surface area contributed by atoms with Crippen LogP contribution in [0.1, 0.15) is 32.8 Å². The van der Waals surface area contributed by atoms with E-state index in [-0.39, 0.29) is 17.4 Å². The smallest absolute Gasteiger partial charge is 0.317 e. The zero-order chi connectivity index (χ0) is 19.4. The maximum Gasteiger partial charge on any atom is 0.317 e. The van der Waals surface area contributed by atoms with Gasteiger partial charge in [0, 0.05) is 49.8 Å². The fourth-order valence-electron chi connectivity index (χ4n) is 3.37. The number of aromatic amines is 1. The Kier molecular flexibility index (Phi) is 5.73. The summed E-state index contributed by atoms with van der Waals surface area (Å²) in [4.78, 5) is 31.8. The van der Waals surface area contributed by atoms with Gasteiger partial charge >= 0.3 is 6.03 Å². The van der Waals surface area contributed by atoms with Gasteiger partial charge in [0.15, 0.2) is 0 Å². The van der Waals surface area contributed by atoms with Crippen LogP contribution in [0.15, 0.2) is 30.5 Å². The third kappa shape index (κ3) is 5.02. The predicted octanol–water partition coefficient (Wildman–Crippen LogP) is 3.00. The highest BCUT2D eigenvalue weighted by Gasteiger charge is 2.24. The van der Waals surface area contributed by atoms with E-state index in [0.29, 0.717) is 39.1 Å². The molecule has 0 atom stereocenters. The van der Waals surface area contributed by atoms with Gasteiger partial charge in [-0.25, -0.2) is 4.79 Å². The van der Waals surface area contributed by atoms with Crippen molar-refractivity contribution in [3.05, 3.63) is 36.0 Å². The molecule has 0 spiro atoms. The molecule has 2 aromatic rings. The summed E-state index contributed by atoms with van der Waals surface area (Å²) in [6.45, 7) is 9.53. The van der Waals surface area contributed by atoms with Crippen LogP contribution in [0.25, 0.3) is 10.9 Å². The molecule has 1 aromatic heterocycles. The number of nitrogens with one attached hydrogen (secondary N) is 2. The molecule has 1 aliphatic heterocycles. The number of carbonyl (C=O) groups is 2. The fourth-order valence-corrected chi connectivity index (χ4v) is 3.37. The molecule has 3 amide bonds. The first kappa shape index (κ1) is 19.3. The van der Waals surface area contributed by atoms with Crippen molar-refractivity contribution in [2.75, 3.05) is 32.7 Å². The minimum atomic E-state index is -0.0250. The van der Waals surface area contributed by atoms with E-state index >= 15 is 0 Å². The summed E-state index contributed by atoms with van der Waals surface area (Å²) < 4.78 is 0. The number of piperazine rings is 1. The molecule has 0 aliphatic carbocycles. The summed E-state index contributed by atoms with van der Waals surface area (Å²) in [6.07, 6.45) is 3.26. The van der Waals surface area contributed by atoms with Gasteiger partial charge < -0.3 is 20.1 Å². The SMILES string of the molecule is CC(C)(C)CCNC(=O)N1CCN(C(=O)Cc2c[nH]c3ccccc23)CC1. The highest BCUT2D eigenvalue weighted by molar-refractivity contribution is 5.89. The third-order valence-corrected chi connectivity index (χ3v) is 5.09. The van der Waals surface area contributed by atoms with Crippen molar-refractivity contribution >= 4 is 22.8 Å². The Balaban J connectivity index is 1.47. The van der Waals surface area contributed by atoms with Gasteiger partial charge in [0.2, 0.25) is 5.91 Å². The van der Waals surface area contributed by atoms with Crippen LogP contribution >= 0.6 is 0 Å². The van der Waals surface area contributed by atoms with Crippen molar-refractivity contribution < 1.29 is 9.59 Å². The average Bonchev–Trinajstić information content (AvgIpc) is 3.04. The molecule has 2 N–H and O–H groups in total. The van der Waals surface area contributed by atoms with Crippen LogP contribution in [-0.2, 0) is 11.2 Å². The van der Waals surface area contributed by atoms with Gasteiger partial charge in [-0.1, -0.05) is 39.0 Å². The molecular weight excluding hydrogens is 340 g/mol. The zero-order valence-corrected chi connectivity index (χ0v) is 16.5. The average molecular weight is 370 g/mol. The molecule has 146 valence electrons. The van der Waals surface area contributed by atoms with Gasteiger partial charge in [-0.05, 0) is 23.5 Å². The fraction of sp³-hybridized carbons (Fsp3) is 0.524. The van der Waals surface area contributed by atoms with E-state index < -0.39 is 0 Å². The van der Waals surface area contributed by atoms with Crippen LogP contribution in [-0.4, -0.2) is 59.4 Å². The van der Waals surface area contributed by atoms with Crippen LogP contribution in [0.2, 0.25) is 0 Å². The summed E-state index contributed by atoms with van der Waals surface area (Å²) in [7, 11) is 0. The number of hydrogen-bond acceptors (Lipinski definition) is 2. The number of nitrogens with zero attached hydrogens (tertiary/aromatic N) is 2. The number of fused-ring (bicyclic) bond motifs is 1. The topological polar surface area (TPSA) is 68.4 Å². The lowest BCUT2D eigenvalue weighted by Gasteiger charge is -2.35. The Morgan fingerprint density at radius 3 is 2.44 bits per heavy atom. The Hall–Kier alpha value is -2.50. The summed E-state index contributed by atoms with van der Waals surface area (Å²) >= 11 is 0. The predicted molar refractivity (Wildman–Crippen MR) is 108 cm³/mol. The standard InChI is InChI=1S/C21H30N4O2/c1-21(2,3)8-9-22-20(27)25-12-10-24(11-13-25)19(26)14-16-15-23-18-7-5-4-6-17(16)18/h4-7,15,23H,8-14H2,1-3H3,(H,22,27). The van der Waals surface area contributed by atoms with Crippen molar-refractivity contribution in [1.82, 2.24) is 20.1 Å². The van der Waals surface area contributed by atoms with Gasteiger partial charge in [0.05, 0.1) is 6.42 Å². The van der Waals surface area contributed by atoms with E-state index in [9.17, 15) is 9.59 Å². The molecule has 1 fully saturated rings. The molecule has 3 rings (SSSR count). The Labute approximate surface area is 160 Å². The van der Waals surface area contributed by atoms with E-state index in [0.717, 1.165) is 22.9 Å². The lowest BCUT2D eigenvalue weighted by Crippen LogP contribution is -2.53.